The quantitative estimate of drug-likeness (QED) is 0.818. The van der Waals surface area contributed by atoms with Gasteiger partial charge in [0.2, 0.25) is 5.91 Å². The molecule has 0 heterocycles. The van der Waals surface area contributed by atoms with E-state index in [1.165, 1.54) is 19.2 Å². The molecule has 128 valence electrons. The molecule has 0 bridgehead atoms. The van der Waals surface area contributed by atoms with Crippen molar-refractivity contribution in [2.24, 2.45) is 0 Å². The van der Waals surface area contributed by atoms with Crippen LogP contribution in [0.5, 0.6) is 11.5 Å². The van der Waals surface area contributed by atoms with E-state index in [2.05, 4.69) is 10.6 Å². The molecule has 2 rings (SSSR count). The van der Waals surface area contributed by atoms with Gasteiger partial charge in [0, 0.05) is 17.8 Å². The number of ether oxygens (including phenoxy) is 2. The second-order valence-electron chi connectivity index (χ2n) is 5.27. The first-order chi connectivity index (χ1) is 11.5. The summed E-state index contributed by atoms with van der Waals surface area (Å²) in [5, 5.41) is 5.89. The minimum absolute atomic E-state index is 0.0678. The van der Waals surface area contributed by atoms with Crippen molar-refractivity contribution in [1.82, 2.24) is 5.32 Å². The van der Waals surface area contributed by atoms with Crippen LogP contribution < -0.4 is 20.1 Å². The molecule has 0 fully saturated rings. The number of nitrogens with one attached hydrogen (secondary N) is 2. The van der Waals surface area contributed by atoms with E-state index in [1.807, 2.05) is 6.92 Å². The third-order valence-corrected chi connectivity index (χ3v) is 3.61. The first-order valence-corrected chi connectivity index (χ1v) is 7.54. The van der Waals surface area contributed by atoms with Gasteiger partial charge in [0.05, 0.1) is 20.8 Å². The fourth-order valence-corrected chi connectivity index (χ4v) is 2.23. The Hall–Kier alpha value is -2.60. The molecule has 0 saturated carbocycles. The highest BCUT2D eigenvalue weighted by Crippen LogP contribution is 2.29. The molecule has 0 saturated heterocycles. The lowest BCUT2D eigenvalue weighted by atomic mass is 10.1. The van der Waals surface area contributed by atoms with Crippen LogP contribution in [0.2, 0.25) is 0 Å². The van der Waals surface area contributed by atoms with Crippen LogP contribution in [0.25, 0.3) is 0 Å². The number of benzene rings is 2. The van der Waals surface area contributed by atoms with Gasteiger partial charge < -0.3 is 20.1 Å². The van der Waals surface area contributed by atoms with E-state index >= 15 is 0 Å². The van der Waals surface area contributed by atoms with Crippen LogP contribution in [0.3, 0.4) is 0 Å². The Kier molecular flexibility index (Phi) is 6.14. The largest absolute Gasteiger partial charge is 0.493 e. The molecular formula is C18H21FN2O3. The van der Waals surface area contributed by atoms with Crippen molar-refractivity contribution in [3.05, 3.63) is 53.8 Å². The predicted octanol–water partition coefficient (Wildman–Crippen LogP) is 3.13. The van der Waals surface area contributed by atoms with Gasteiger partial charge in [-0.1, -0.05) is 12.1 Å². The summed E-state index contributed by atoms with van der Waals surface area (Å²) in [7, 11) is 3.09. The van der Waals surface area contributed by atoms with Gasteiger partial charge >= 0.3 is 0 Å². The van der Waals surface area contributed by atoms with Gasteiger partial charge in [-0.25, -0.2) is 4.39 Å². The second-order valence-corrected chi connectivity index (χ2v) is 5.27. The molecule has 5 nitrogen and oxygen atoms in total. The molecule has 0 spiro atoms. The zero-order valence-electron chi connectivity index (χ0n) is 13.9. The predicted molar refractivity (Wildman–Crippen MR) is 91.0 cm³/mol. The number of halogens is 1. The molecule has 2 aromatic rings. The van der Waals surface area contributed by atoms with Crippen molar-refractivity contribution < 1.29 is 18.7 Å². The number of methoxy groups -OCH3 is 2. The molecule has 0 aliphatic carbocycles. The molecule has 24 heavy (non-hydrogen) atoms. The van der Waals surface area contributed by atoms with Gasteiger partial charge in [-0.05, 0) is 36.8 Å². The highest BCUT2D eigenvalue weighted by Gasteiger charge is 2.10. The molecule has 2 aromatic carbocycles. The number of rotatable bonds is 7. The van der Waals surface area contributed by atoms with Crippen molar-refractivity contribution in [2.45, 2.75) is 13.0 Å². The van der Waals surface area contributed by atoms with Gasteiger partial charge in [0.25, 0.3) is 0 Å². The zero-order chi connectivity index (χ0) is 17.5. The summed E-state index contributed by atoms with van der Waals surface area (Å²) in [6, 6.07) is 11.3. The van der Waals surface area contributed by atoms with Crippen LogP contribution in [0.15, 0.2) is 42.5 Å². The molecule has 0 aromatic heterocycles. The van der Waals surface area contributed by atoms with Crippen LogP contribution in [0, 0.1) is 5.82 Å². The lowest BCUT2D eigenvalue weighted by molar-refractivity contribution is -0.115. The van der Waals surface area contributed by atoms with Crippen LogP contribution in [0.4, 0.5) is 10.1 Å². The molecular weight excluding hydrogens is 311 g/mol. The van der Waals surface area contributed by atoms with Gasteiger partial charge in [-0.3, -0.25) is 4.79 Å². The monoisotopic (exact) mass is 332 g/mol. The maximum absolute atomic E-state index is 12.9. The minimum atomic E-state index is -0.280. The van der Waals surface area contributed by atoms with Crippen molar-refractivity contribution >= 4 is 11.6 Å². The van der Waals surface area contributed by atoms with E-state index in [1.54, 1.807) is 37.4 Å². The van der Waals surface area contributed by atoms with Gasteiger partial charge in [0.1, 0.15) is 5.82 Å². The van der Waals surface area contributed by atoms with Crippen molar-refractivity contribution in [3.63, 3.8) is 0 Å². The SMILES string of the molecule is COc1ccc(NC(=O)CN[C@@H](C)c2ccc(F)cc2)cc1OC. The summed E-state index contributed by atoms with van der Waals surface area (Å²) in [5.74, 6) is 0.676. The Morgan fingerprint density at radius 2 is 1.75 bits per heavy atom. The fraction of sp³-hybridized carbons (Fsp3) is 0.278. The van der Waals surface area contributed by atoms with Crippen molar-refractivity contribution in [1.29, 1.82) is 0 Å². The van der Waals surface area contributed by atoms with Crippen molar-refractivity contribution in [2.75, 3.05) is 26.1 Å². The fourth-order valence-electron chi connectivity index (χ4n) is 2.23. The molecule has 0 radical (unpaired) electrons. The minimum Gasteiger partial charge on any atom is -0.493 e. The van der Waals surface area contributed by atoms with E-state index in [9.17, 15) is 9.18 Å². The van der Waals surface area contributed by atoms with Crippen molar-refractivity contribution in [3.8, 4) is 11.5 Å². The third kappa shape index (κ3) is 4.70. The maximum atomic E-state index is 12.9. The Labute approximate surface area is 140 Å². The summed E-state index contributed by atoms with van der Waals surface area (Å²) in [5.41, 5.74) is 1.53. The normalized spacial score (nSPS) is 11.7. The van der Waals surface area contributed by atoms with Crippen LogP contribution >= 0.6 is 0 Å². The van der Waals surface area contributed by atoms with E-state index in [0.717, 1.165) is 5.56 Å². The first-order valence-electron chi connectivity index (χ1n) is 7.54. The van der Waals surface area contributed by atoms with E-state index in [0.29, 0.717) is 17.2 Å². The average molecular weight is 332 g/mol. The second kappa shape index (κ2) is 8.31. The molecule has 0 aliphatic heterocycles. The topological polar surface area (TPSA) is 59.6 Å². The molecule has 6 heteroatoms. The number of carbonyl (C=O) groups excluding carboxylic acids is 1. The van der Waals surface area contributed by atoms with Crippen LogP contribution in [0.1, 0.15) is 18.5 Å². The zero-order valence-corrected chi connectivity index (χ0v) is 13.9. The number of anilines is 1. The number of hydrogen-bond donors (Lipinski definition) is 2. The summed E-state index contributed by atoms with van der Waals surface area (Å²) >= 11 is 0. The highest BCUT2D eigenvalue weighted by molar-refractivity contribution is 5.92. The van der Waals surface area contributed by atoms with E-state index in [-0.39, 0.29) is 24.3 Å². The Bertz CT molecular complexity index is 689. The van der Waals surface area contributed by atoms with E-state index < -0.39 is 0 Å². The molecule has 1 atom stereocenters. The number of amides is 1. The smallest absolute Gasteiger partial charge is 0.238 e. The molecule has 1 amide bonds. The third-order valence-electron chi connectivity index (χ3n) is 3.61. The lowest BCUT2D eigenvalue weighted by Crippen LogP contribution is -2.30. The summed E-state index contributed by atoms with van der Waals surface area (Å²) in [6.07, 6.45) is 0. The lowest BCUT2D eigenvalue weighted by Gasteiger charge is -2.15. The van der Waals surface area contributed by atoms with Gasteiger partial charge in [-0.15, -0.1) is 0 Å². The first kappa shape index (κ1) is 17.7. The summed E-state index contributed by atoms with van der Waals surface area (Å²) in [6.45, 7) is 2.05. The molecule has 0 aliphatic rings. The Balaban J connectivity index is 1.90. The Morgan fingerprint density at radius 3 is 2.38 bits per heavy atom. The average Bonchev–Trinajstić information content (AvgIpc) is 2.60. The Morgan fingerprint density at radius 1 is 1.08 bits per heavy atom. The molecule has 0 unspecified atom stereocenters. The van der Waals surface area contributed by atoms with E-state index in [4.69, 9.17) is 9.47 Å². The number of carbonyl (C=O) groups is 1. The number of hydrogen-bond acceptors (Lipinski definition) is 4. The molecule has 2 N–H and O–H groups in total. The van der Waals surface area contributed by atoms with Gasteiger partial charge in [0.15, 0.2) is 11.5 Å². The van der Waals surface area contributed by atoms with Crippen LogP contribution in [-0.2, 0) is 4.79 Å². The van der Waals surface area contributed by atoms with Gasteiger partial charge in [-0.2, -0.15) is 0 Å². The standard InChI is InChI=1S/C18H21FN2O3/c1-12(13-4-6-14(19)7-5-13)20-11-18(22)21-15-8-9-16(23-2)17(10-15)24-3/h4-10,12,20H,11H2,1-3H3,(H,21,22)/t12-/m0/s1. The maximum Gasteiger partial charge on any atom is 0.238 e. The van der Waals surface area contributed by atoms with Crippen LogP contribution in [-0.4, -0.2) is 26.7 Å². The summed E-state index contributed by atoms with van der Waals surface area (Å²) in [4.78, 5) is 12.1. The highest BCUT2D eigenvalue weighted by atomic mass is 19.1. The summed E-state index contributed by atoms with van der Waals surface area (Å²) < 4.78 is 23.3.